The number of alkyl halides is 3. The first kappa shape index (κ1) is 18.9. The molecule has 0 saturated carbocycles. The van der Waals surface area contributed by atoms with Gasteiger partial charge in [0.25, 0.3) is 5.82 Å². The van der Waals surface area contributed by atoms with E-state index in [2.05, 4.69) is 20.6 Å². The molecule has 4 rings (SSSR count). The highest BCUT2D eigenvalue weighted by Crippen LogP contribution is 2.28. The molecule has 2 atom stereocenters. The third kappa shape index (κ3) is 3.89. The number of nitrogens with zero attached hydrogens (tertiary/aromatic N) is 5. The van der Waals surface area contributed by atoms with E-state index < -0.39 is 12.0 Å². The minimum absolute atomic E-state index is 0.0268. The molecule has 2 fully saturated rings. The summed E-state index contributed by atoms with van der Waals surface area (Å²) in [5.74, 6) is -1.08. The van der Waals surface area contributed by atoms with Crippen molar-refractivity contribution in [3.05, 3.63) is 18.0 Å². The summed E-state index contributed by atoms with van der Waals surface area (Å²) in [5.41, 5.74) is 0.0268. The van der Waals surface area contributed by atoms with E-state index in [9.17, 15) is 18.0 Å². The Morgan fingerprint density at radius 2 is 2.11 bits per heavy atom. The fourth-order valence-electron chi connectivity index (χ4n) is 3.69. The Morgan fingerprint density at radius 1 is 1.25 bits per heavy atom. The predicted molar refractivity (Wildman–Crippen MR) is 92.7 cm³/mol. The SMILES string of the molecule is O=C(NC[C@@H]1CCCO1)[C@@H]1CCCN(c2ccc3nnc(C(F)(F)F)n3n2)C1. The summed E-state index contributed by atoms with van der Waals surface area (Å²) < 4.78 is 45.4. The van der Waals surface area contributed by atoms with Crippen molar-refractivity contribution in [2.75, 3.05) is 31.1 Å². The van der Waals surface area contributed by atoms with Gasteiger partial charge in [-0.15, -0.1) is 15.3 Å². The molecule has 0 unspecified atom stereocenters. The van der Waals surface area contributed by atoms with Gasteiger partial charge < -0.3 is 15.0 Å². The van der Waals surface area contributed by atoms with Gasteiger partial charge in [-0.25, -0.2) is 0 Å². The maximum Gasteiger partial charge on any atom is 0.453 e. The molecule has 11 heteroatoms. The number of nitrogens with one attached hydrogen (secondary N) is 1. The molecule has 0 spiro atoms. The van der Waals surface area contributed by atoms with Gasteiger partial charge in [0.15, 0.2) is 5.65 Å². The van der Waals surface area contributed by atoms with E-state index in [0.29, 0.717) is 30.0 Å². The van der Waals surface area contributed by atoms with Crippen LogP contribution in [-0.4, -0.2) is 58.1 Å². The quantitative estimate of drug-likeness (QED) is 0.843. The lowest BCUT2D eigenvalue weighted by Gasteiger charge is -2.32. The van der Waals surface area contributed by atoms with E-state index in [1.54, 1.807) is 6.07 Å². The number of halogens is 3. The Balaban J connectivity index is 1.45. The highest BCUT2D eigenvalue weighted by Gasteiger charge is 2.38. The number of rotatable bonds is 4. The molecule has 2 aromatic heterocycles. The van der Waals surface area contributed by atoms with Crippen LogP contribution in [-0.2, 0) is 15.7 Å². The molecule has 2 aromatic rings. The lowest BCUT2D eigenvalue weighted by Crippen LogP contribution is -2.45. The molecule has 2 saturated heterocycles. The van der Waals surface area contributed by atoms with E-state index in [0.717, 1.165) is 32.3 Å². The second-order valence-corrected chi connectivity index (χ2v) is 7.15. The molecule has 2 aliphatic rings. The van der Waals surface area contributed by atoms with Gasteiger partial charge in [0.2, 0.25) is 5.91 Å². The average molecular weight is 398 g/mol. The fraction of sp³-hybridized carbons (Fsp3) is 0.647. The zero-order valence-corrected chi connectivity index (χ0v) is 15.2. The first-order valence-corrected chi connectivity index (χ1v) is 9.36. The molecular formula is C17H21F3N6O2. The third-order valence-electron chi connectivity index (χ3n) is 5.15. The second kappa shape index (κ2) is 7.53. The zero-order valence-electron chi connectivity index (χ0n) is 15.2. The maximum absolute atomic E-state index is 13.1. The maximum atomic E-state index is 13.1. The number of hydrogen-bond donors (Lipinski definition) is 1. The number of anilines is 1. The van der Waals surface area contributed by atoms with Crippen LogP contribution >= 0.6 is 0 Å². The van der Waals surface area contributed by atoms with Gasteiger partial charge in [-0.2, -0.15) is 17.7 Å². The Hall–Kier alpha value is -2.43. The summed E-state index contributed by atoms with van der Waals surface area (Å²) in [7, 11) is 0. The van der Waals surface area contributed by atoms with Crippen LogP contribution in [0.1, 0.15) is 31.5 Å². The van der Waals surface area contributed by atoms with Crippen molar-refractivity contribution in [2.45, 2.75) is 38.0 Å². The number of ether oxygens (including phenoxy) is 1. The Morgan fingerprint density at radius 3 is 2.86 bits per heavy atom. The van der Waals surface area contributed by atoms with Crippen LogP contribution in [0.15, 0.2) is 12.1 Å². The number of carbonyl (C=O) groups is 1. The van der Waals surface area contributed by atoms with Gasteiger partial charge in [-0.05, 0) is 37.8 Å². The normalized spacial score (nSPS) is 23.3. The van der Waals surface area contributed by atoms with Crippen LogP contribution in [0.2, 0.25) is 0 Å². The van der Waals surface area contributed by atoms with Crippen molar-refractivity contribution >= 4 is 17.4 Å². The van der Waals surface area contributed by atoms with Crippen molar-refractivity contribution in [3.63, 3.8) is 0 Å². The van der Waals surface area contributed by atoms with Crippen LogP contribution < -0.4 is 10.2 Å². The summed E-state index contributed by atoms with van der Waals surface area (Å²) in [5, 5.41) is 13.7. The minimum atomic E-state index is -4.64. The molecule has 2 aliphatic heterocycles. The van der Waals surface area contributed by atoms with Crippen LogP contribution in [0.25, 0.3) is 5.65 Å². The summed E-state index contributed by atoms with van der Waals surface area (Å²) in [6.07, 6.45) is -1.13. The molecule has 0 aromatic carbocycles. The molecular weight excluding hydrogens is 377 g/mol. The Kier molecular flexibility index (Phi) is 5.09. The third-order valence-corrected chi connectivity index (χ3v) is 5.15. The number of hydrogen-bond acceptors (Lipinski definition) is 6. The van der Waals surface area contributed by atoms with Crippen molar-refractivity contribution < 1.29 is 22.7 Å². The lowest BCUT2D eigenvalue weighted by molar-refractivity contribution is -0.146. The van der Waals surface area contributed by atoms with Crippen molar-refractivity contribution in [2.24, 2.45) is 5.92 Å². The fourth-order valence-corrected chi connectivity index (χ4v) is 3.69. The average Bonchev–Trinajstić information content (AvgIpc) is 3.34. The van der Waals surface area contributed by atoms with E-state index >= 15 is 0 Å². The van der Waals surface area contributed by atoms with E-state index in [4.69, 9.17) is 4.74 Å². The molecule has 1 amide bonds. The molecule has 0 radical (unpaired) electrons. The smallest absolute Gasteiger partial charge is 0.376 e. The summed E-state index contributed by atoms with van der Waals surface area (Å²) in [4.78, 5) is 14.3. The highest BCUT2D eigenvalue weighted by atomic mass is 19.4. The van der Waals surface area contributed by atoms with Crippen molar-refractivity contribution in [1.29, 1.82) is 0 Å². The van der Waals surface area contributed by atoms with E-state index in [1.165, 1.54) is 6.07 Å². The van der Waals surface area contributed by atoms with Crippen LogP contribution in [0.4, 0.5) is 19.0 Å². The van der Waals surface area contributed by atoms with Crippen LogP contribution in [0, 0.1) is 5.92 Å². The number of amides is 1. The summed E-state index contributed by atoms with van der Waals surface area (Å²) >= 11 is 0. The van der Waals surface area contributed by atoms with Crippen molar-refractivity contribution in [1.82, 2.24) is 25.1 Å². The number of aromatic nitrogens is 4. The highest BCUT2D eigenvalue weighted by molar-refractivity contribution is 5.79. The predicted octanol–water partition coefficient (Wildman–Crippen LogP) is 1.65. The first-order chi connectivity index (χ1) is 13.4. The zero-order chi connectivity index (χ0) is 19.7. The standard InChI is InChI=1S/C17H21F3N6O2/c18-17(19,20)16-23-22-13-5-6-14(24-26(13)16)25-7-1-3-11(10-25)15(27)21-9-12-4-2-8-28-12/h5-6,11-12H,1-4,7-10H2,(H,21,27)/t11-,12+/m1/s1. The lowest BCUT2D eigenvalue weighted by atomic mass is 9.97. The van der Waals surface area contributed by atoms with Gasteiger partial charge in [-0.1, -0.05) is 0 Å². The molecule has 1 N–H and O–H groups in total. The van der Waals surface area contributed by atoms with E-state index in [-0.39, 0.29) is 23.6 Å². The molecule has 4 heterocycles. The Bertz CT molecular complexity index is 849. The van der Waals surface area contributed by atoms with Gasteiger partial charge in [-0.3, -0.25) is 4.79 Å². The van der Waals surface area contributed by atoms with Gasteiger partial charge in [0.1, 0.15) is 5.82 Å². The summed E-state index contributed by atoms with van der Waals surface area (Å²) in [6.45, 7) is 2.25. The molecule has 152 valence electrons. The van der Waals surface area contributed by atoms with Gasteiger partial charge in [0, 0.05) is 26.2 Å². The number of fused-ring (bicyclic) bond motifs is 1. The van der Waals surface area contributed by atoms with Crippen LogP contribution in [0.5, 0.6) is 0 Å². The monoisotopic (exact) mass is 398 g/mol. The number of piperidine rings is 1. The topological polar surface area (TPSA) is 84.6 Å². The molecule has 0 aliphatic carbocycles. The molecule has 0 bridgehead atoms. The first-order valence-electron chi connectivity index (χ1n) is 9.36. The van der Waals surface area contributed by atoms with Crippen molar-refractivity contribution in [3.8, 4) is 0 Å². The van der Waals surface area contributed by atoms with Crippen LogP contribution in [0.3, 0.4) is 0 Å². The second-order valence-electron chi connectivity index (χ2n) is 7.15. The van der Waals surface area contributed by atoms with Gasteiger partial charge >= 0.3 is 6.18 Å². The van der Waals surface area contributed by atoms with E-state index in [1.807, 2.05) is 4.90 Å². The molecule has 28 heavy (non-hydrogen) atoms. The largest absolute Gasteiger partial charge is 0.453 e. The van der Waals surface area contributed by atoms with Gasteiger partial charge in [0.05, 0.1) is 12.0 Å². The Labute approximate surface area is 159 Å². The minimum Gasteiger partial charge on any atom is -0.376 e. The summed E-state index contributed by atoms with van der Waals surface area (Å²) in [6, 6.07) is 3.06. The molecule has 8 nitrogen and oxygen atoms in total. The number of carbonyl (C=O) groups excluding carboxylic acids is 1.